The van der Waals surface area contributed by atoms with Crippen molar-refractivity contribution in [1.29, 1.82) is 0 Å². The molecule has 20 heavy (non-hydrogen) atoms. The molecule has 1 unspecified atom stereocenters. The summed E-state index contributed by atoms with van der Waals surface area (Å²) >= 11 is 0. The van der Waals surface area contributed by atoms with Crippen LogP contribution < -0.4 is 0 Å². The van der Waals surface area contributed by atoms with E-state index in [9.17, 15) is 9.59 Å². The minimum absolute atomic E-state index is 0.00332. The Morgan fingerprint density at radius 2 is 1.90 bits per heavy atom. The molecule has 0 amide bonds. The van der Waals surface area contributed by atoms with Crippen molar-refractivity contribution in [3.05, 3.63) is 53.6 Å². The molecule has 2 aromatic rings. The second-order valence-corrected chi connectivity index (χ2v) is 5.06. The van der Waals surface area contributed by atoms with Crippen LogP contribution in [-0.2, 0) is 11.8 Å². The molecule has 0 aliphatic rings. The minimum atomic E-state index is -0.403. The van der Waals surface area contributed by atoms with Crippen molar-refractivity contribution in [2.24, 2.45) is 7.05 Å². The van der Waals surface area contributed by atoms with E-state index in [1.54, 1.807) is 24.0 Å². The summed E-state index contributed by atoms with van der Waals surface area (Å²) in [5.74, 6) is -0.127. The first-order chi connectivity index (χ1) is 9.49. The summed E-state index contributed by atoms with van der Waals surface area (Å²) in [5, 5.41) is 0. The Hall–Kier alpha value is -2.23. The van der Waals surface area contributed by atoms with E-state index >= 15 is 0 Å². The van der Waals surface area contributed by atoms with Crippen LogP contribution in [0.2, 0.25) is 0 Å². The van der Waals surface area contributed by atoms with Gasteiger partial charge in [-0.1, -0.05) is 29.8 Å². The maximum Gasteiger partial charge on any atom is 0.199 e. The predicted molar refractivity (Wildman–Crippen MR) is 76.8 cm³/mol. The zero-order valence-electron chi connectivity index (χ0n) is 12.0. The van der Waals surface area contributed by atoms with E-state index in [0.717, 1.165) is 11.1 Å². The lowest BCUT2D eigenvalue weighted by atomic mass is 9.90. The lowest BCUT2D eigenvalue weighted by molar-refractivity contribution is -0.118. The van der Waals surface area contributed by atoms with Gasteiger partial charge in [0.2, 0.25) is 0 Å². The number of carbonyl (C=O) groups excluding carboxylic acids is 2. The minimum Gasteiger partial charge on any atom is -0.332 e. The first-order valence-electron chi connectivity index (χ1n) is 6.56. The predicted octanol–water partition coefficient (Wildman–Crippen LogP) is 2.67. The SMILES string of the molecule is CC(=O)C(CC(=O)c1nccn1C)c1ccc(C)cc1. The molecule has 1 aromatic heterocycles. The number of ketones is 2. The summed E-state index contributed by atoms with van der Waals surface area (Å²) in [7, 11) is 1.77. The van der Waals surface area contributed by atoms with Crippen LogP contribution in [0.15, 0.2) is 36.7 Å². The van der Waals surface area contributed by atoms with E-state index < -0.39 is 5.92 Å². The van der Waals surface area contributed by atoms with Crippen LogP contribution in [0.5, 0.6) is 0 Å². The Morgan fingerprint density at radius 1 is 1.25 bits per heavy atom. The molecule has 0 saturated carbocycles. The average molecular weight is 270 g/mol. The highest BCUT2D eigenvalue weighted by Crippen LogP contribution is 2.23. The molecule has 1 atom stereocenters. The summed E-state index contributed by atoms with van der Waals surface area (Å²) in [6, 6.07) is 7.73. The summed E-state index contributed by atoms with van der Waals surface area (Å²) in [6.07, 6.45) is 3.47. The average Bonchev–Trinajstić information content (AvgIpc) is 2.83. The second-order valence-electron chi connectivity index (χ2n) is 5.06. The summed E-state index contributed by atoms with van der Waals surface area (Å²) in [4.78, 5) is 28.1. The van der Waals surface area contributed by atoms with Gasteiger partial charge in [0.15, 0.2) is 11.6 Å². The molecular weight excluding hydrogens is 252 g/mol. The van der Waals surface area contributed by atoms with Crippen LogP contribution in [0.3, 0.4) is 0 Å². The number of carbonyl (C=O) groups is 2. The number of hydrogen-bond donors (Lipinski definition) is 0. The van der Waals surface area contributed by atoms with Crippen molar-refractivity contribution in [2.45, 2.75) is 26.2 Å². The molecule has 0 saturated heterocycles. The molecule has 0 aliphatic heterocycles. The van der Waals surface area contributed by atoms with Gasteiger partial charge in [0.25, 0.3) is 0 Å². The van der Waals surface area contributed by atoms with Gasteiger partial charge in [0, 0.05) is 31.8 Å². The number of hydrogen-bond acceptors (Lipinski definition) is 3. The topological polar surface area (TPSA) is 52.0 Å². The highest BCUT2D eigenvalue weighted by atomic mass is 16.1. The third kappa shape index (κ3) is 3.02. The van der Waals surface area contributed by atoms with E-state index in [2.05, 4.69) is 4.98 Å². The first kappa shape index (κ1) is 14.2. The number of benzene rings is 1. The van der Waals surface area contributed by atoms with Gasteiger partial charge in [0.1, 0.15) is 5.78 Å². The Morgan fingerprint density at radius 3 is 2.40 bits per heavy atom. The third-order valence-corrected chi connectivity index (χ3v) is 3.43. The van der Waals surface area contributed by atoms with Crippen molar-refractivity contribution < 1.29 is 9.59 Å². The molecule has 0 bridgehead atoms. The second kappa shape index (κ2) is 5.82. The maximum atomic E-state index is 12.2. The molecule has 0 N–H and O–H groups in total. The van der Waals surface area contributed by atoms with Gasteiger partial charge in [-0.25, -0.2) is 4.98 Å². The Balaban J connectivity index is 2.22. The number of rotatable bonds is 5. The lowest BCUT2D eigenvalue weighted by Crippen LogP contribution is -2.17. The van der Waals surface area contributed by atoms with Crippen LogP contribution in [0.1, 0.15) is 41.0 Å². The molecular formula is C16H18N2O2. The van der Waals surface area contributed by atoms with Crippen LogP contribution in [0.4, 0.5) is 0 Å². The molecule has 2 rings (SSSR count). The van der Waals surface area contributed by atoms with Crippen molar-refractivity contribution in [1.82, 2.24) is 9.55 Å². The van der Waals surface area contributed by atoms with E-state index in [1.165, 1.54) is 6.92 Å². The van der Waals surface area contributed by atoms with Crippen LogP contribution in [0.25, 0.3) is 0 Å². The molecule has 0 fully saturated rings. The fraction of sp³-hybridized carbons (Fsp3) is 0.312. The smallest absolute Gasteiger partial charge is 0.199 e. The van der Waals surface area contributed by atoms with Gasteiger partial charge < -0.3 is 4.57 Å². The highest BCUT2D eigenvalue weighted by molar-refractivity contribution is 5.97. The van der Waals surface area contributed by atoms with Crippen LogP contribution >= 0.6 is 0 Å². The number of nitrogens with zero attached hydrogens (tertiary/aromatic N) is 2. The van der Waals surface area contributed by atoms with Crippen LogP contribution in [-0.4, -0.2) is 21.1 Å². The molecule has 4 nitrogen and oxygen atoms in total. The number of imidazole rings is 1. The Bertz CT molecular complexity index is 626. The maximum absolute atomic E-state index is 12.2. The highest BCUT2D eigenvalue weighted by Gasteiger charge is 2.23. The fourth-order valence-corrected chi connectivity index (χ4v) is 2.21. The van der Waals surface area contributed by atoms with Crippen LogP contribution in [0, 0.1) is 6.92 Å². The Labute approximate surface area is 118 Å². The van der Waals surface area contributed by atoms with E-state index in [-0.39, 0.29) is 18.0 Å². The molecule has 4 heteroatoms. The fourth-order valence-electron chi connectivity index (χ4n) is 2.21. The Kier molecular flexibility index (Phi) is 4.13. The zero-order chi connectivity index (χ0) is 14.7. The standard InChI is InChI=1S/C16H18N2O2/c1-11-4-6-13(7-5-11)14(12(2)19)10-15(20)16-17-8-9-18(16)3/h4-9,14H,10H2,1-3H3. The van der Waals surface area contributed by atoms with E-state index in [4.69, 9.17) is 0 Å². The number of aryl methyl sites for hydroxylation is 2. The first-order valence-corrected chi connectivity index (χ1v) is 6.56. The van der Waals surface area contributed by atoms with Crippen molar-refractivity contribution >= 4 is 11.6 Å². The molecule has 0 spiro atoms. The number of Topliss-reactive ketones (excluding diaryl/α,β-unsaturated/α-hetero) is 2. The quantitative estimate of drug-likeness (QED) is 0.785. The third-order valence-electron chi connectivity index (χ3n) is 3.43. The van der Waals surface area contributed by atoms with E-state index in [0.29, 0.717) is 5.82 Å². The van der Waals surface area contributed by atoms with Crippen molar-refractivity contribution in [3.63, 3.8) is 0 Å². The van der Waals surface area contributed by atoms with E-state index in [1.807, 2.05) is 31.2 Å². The molecule has 1 aromatic carbocycles. The summed E-state index contributed by atoms with van der Waals surface area (Å²) in [6.45, 7) is 3.52. The largest absolute Gasteiger partial charge is 0.332 e. The molecule has 0 radical (unpaired) electrons. The zero-order valence-corrected chi connectivity index (χ0v) is 12.0. The summed E-state index contributed by atoms with van der Waals surface area (Å²) in [5.41, 5.74) is 2.01. The lowest BCUT2D eigenvalue weighted by Gasteiger charge is -2.13. The number of aromatic nitrogens is 2. The molecule has 1 heterocycles. The van der Waals surface area contributed by atoms with Crippen molar-refractivity contribution in [3.8, 4) is 0 Å². The molecule has 104 valence electrons. The van der Waals surface area contributed by atoms with Gasteiger partial charge in [-0.2, -0.15) is 0 Å². The summed E-state index contributed by atoms with van der Waals surface area (Å²) < 4.78 is 1.68. The molecule has 0 aliphatic carbocycles. The monoisotopic (exact) mass is 270 g/mol. The van der Waals surface area contributed by atoms with Gasteiger partial charge in [-0.05, 0) is 19.4 Å². The van der Waals surface area contributed by atoms with Gasteiger partial charge in [-0.15, -0.1) is 0 Å². The van der Waals surface area contributed by atoms with Gasteiger partial charge in [0.05, 0.1) is 0 Å². The van der Waals surface area contributed by atoms with Gasteiger partial charge in [-0.3, -0.25) is 9.59 Å². The normalized spacial score (nSPS) is 12.2. The van der Waals surface area contributed by atoms with Crippen molar-refractivity contribution in [2.75, 3.05) is 0 Å². The van der Waals surface area contributed by atoms with Gasteiger partial charge >= 0.3 is 0 Å².